The number of carbonyl (C=O) groups is 1. The van der Waals surface area contributed by atoms with Crippen molar-refractivity contribution in [2.75, 3.05) is 0 Å². The lowest BCUT2D eigenvalue weighted by atomic mass is 9.77. The molecule has 2 saturated carbocycles. The lowest BCUT2D eigenvalue weighted by molar-refractivity contribution is -0.206. The average Bonchev–Trinajstić information content (AvgIpc) is 2.85. The highest BCUT2D eigenvalue weighted by molar-refractivity contribution is 5.75. The van der Waals surface area contributed by atoms with E-state index in [-0.39, 0.29) is 24.6 Å². The first-order valence-corrected chi connectivity index (χ1v) is 13.0. The van der Waals surface area contributed by atoms with Crippen LogP contribution in [0.1, 0.15) is 94.1 Å². The molecule has 2 aliphatic carbocycles. The molecule has 0 radical (unpaired) electrons. The summed E-state index contributed by atoms with van der Waals surface area (Å²) >= 11 is 0. The number of alkyl halides is 3. The minimum absolute atomic E-state index is 0.185. The lowest BCUT2D eigenvalue weighted by Crippen LogP contribution is -2.32. The van der Waals surface area contributed by atoms with Gasteiger partial charge in [0.05, 0.1) is 0 Å². The van der Waals surface area contributed by atoms with Crippen molar-refractivity contribution >= 4 is 5.97 Å². The average molecular weight is 509 g/mol. The summed E-state index contributed by atoms with van der Waals surface area (Å²) < 4.78 is 71.9. The first kappa shape index (κ1) is 26.6. The molecule has 0 amide bonds. The molecule has 2 aromatic carbocycles. The quantitative estimate of drug-likeness (QED) is 0.288. The van der Waals surface area contributed by atoms with Crippen LogP contribution in [0.25, 0.3) is 11.1 Å². The minimum Gasteiger partial charge on any atom is -0.456 e. The van der Waals surface area contributed by atoms with Crippen LogP contribution in [0.3, 0.4) is 0 Å². The highest BCUT2D eigenvalue weighted by Gasteiger charge is 2.42. The van der Waals surface area contributed by atoms with Gasteiger partial charge in [0.15, 0.2) is 0 Å². The van der Waals surface area contributed by atoms with Gasteiger partial charge in [-0.15, -0.1) is 0 Å². The molecule has 0 bridgehead atoms. The van der Waals surface area contributed by atoms with Crippen molar-refractivity contribution in [3.8, 4) is 11.1 Å². The van der Waals surface area contributed by atoms with E-state index in [9.17, 15) is 18.0 Å². The molecule has 0 heterocycles. The standard InChI is InChI=1S/C29H33F5O2/c1-2-3-18-4-6-19(7-5-18)21-10-14-25(26(30)16-21)22-11-15-24(27(31)17-22)20-8-12-23(13-9-20)36-28(35)29(32,33)34/h10-11,14-20,23H,2-9,12-13H2,1H3. The molecular formula is C29H33F5O2. The number of hydrogen-bond acceptors (Lipinski definition) is 2. The Morgan fingerprint density at radius 3 is 2.11 bits per heavy atom. The van der Waals surface area contributed by atoms with Crippen molar-refractivity contribution in [3.63, 3.8) is 0 Å². The number of esters is 1. The van der Waals surface area contributed by atoms with Crippen LogP contribution in [0.15, 0.2) is 36.4 Å². The fourth-order valence-corrected chi connectivity index (χ4v) is 5.95. The highest BCUT2D eigenvalue weighted by atomic mass is 19.4. The third-order valence-electron chi connectivity index (χ3n) is 7.94. The number of hydrogen-bond donors (Lipinski definition) is 0. The maximum Gasteiger partial charge on any atom is 0.490 e. The van der Waals surface area contributed by atoms with Gasteiger partial charge in [-0.2, -0.15) is 13.2 Å². The van der Waals surface area contributed by atoms with Gasteiger partial charge in [0.2, 0.25) is 0 Å². The predicted octanol–water partition coefficient (Wildman–Crippen LogP) is 8.84. The first-order chi connectivity index (χ1) is 17.2. The van der Waals surface area contributed by atoms with Gasteiger partial charge in [-0.05, 0) is 97.9 Å². The second kappa shape index (κ2) is 11.3. The molecule has 2 nitrogen and oxygen atoms in total. The van der Waals surface area contributed by atoms with Crippen molar-refractivity contribution in [3.05, 3.63) is 59.2 Å². The summed E-state index contributed by atoms with van der Waals surface area (Å²) in [6.45, 7) is 2.21. The molecule has 196 valence electrons. The molecule has 0 unspecified atom stereocenters. The van der Waals surface area contributed by atoms with Crippen LogP contribution in [0.5, 0.6) is 0 Å². The van der Waals surface area contributed by atoms with E-state index in [2.05, 4.69) is 11.7 Å². The molecule has 7 heteroatoms. The van der Waals surface area contributed by atoms with Crippen LogP contribution in [0.4, 0.5) is 22.0 Å². The van der Waals surface area contributed by atoms with Gasteiger partial charge in [0.25, 0.3) is 0 Å². The Hall–Kier alpha value is -2.44. The van der Waals surface area contributed by atoms with Crippen molar-refractivity contribution in [2.45, 2.75) is 95.2 Å². The van der Waals surface area contributed by atoms with Gasteiger partial charge < -0.3 is 4.74 Å². The maximum atomic E-state index is 15.1. The van der Waals surface area contributed by atoms with Crippen LogP contribution in [-0.2, 0) is 9.53 Å². The minimum atomic E-state index is -5.01. The van der Waals surface area contributed by atoms with Gasteiger partial charge in [-0.1, -0.05) is 44.0 Å². The summed E-state index contributed by atoms with van der Waals surface area (Å²) in [6.07, 6.45) is 2.45. The Labute approximate surface area is 209 Å². The second-order valence-electron chi connectivity index (χ2n) is 10.4. The topological polar surface area (TPSA) is 26.3 Å². The van der Waals surface area contributed by atoms with Crippen LogP contribution < -0.4 is 0 Å². The van der Waals surface area contributed by atoms with Crippen LogP contribution in [0.2, 0.25) is 0 Å². The molecule has 0 atom stereocenters. The zero-order chi connectivity index (χ0) is 25.9. The van der Waals surface area contributed by atoms with Gasteiger partial charge in [0.1, 0.15) is 17.7 Å². The molecular weight excluding hydrogens is 475 g/mol. The van der Waals surface area contributed by atoms with Crippen molar-refractivity contribution in [2.24, 2.45) is 5.92 Å². The number of benzene rings is 2. The molecule has 2 aromatic rings. The Balaban J connectivity index is 1.39. The molecule has 4 rings (SSSR count). The molecule has 0 aromatic heterocycles. The van der Waals surface area contributed by atoms with E-state index >= 15 is 8.78 Å². The van der Waals surface area contributed by atoms with E-state index in [4.69, 9.17) is 0 Å². The van der Waals surface area contributed by atoms with Crippen molar-refractivity contribution in [1.82, 2.24) is 0 Å². The number of rotatable bonds is 6. The van der Waals surface area contributed by atoms with E-state index in [1.165, 1.54) is 31.7 Å². The van der Waals surface area contributed by atoms with Gasteiger partial charge in [-0.25, -0.2) is 13.6 Å². The largest absolute Gasteiger partial charge is 0.490 e. The third-order valence-corrected chi connectivity index (χ3v) is 7.94. The molecule has 2 aliphatic rings. The summed E-state index contributed by atoms with van der Waals surface area (Å²) in [7, 11) is 0. The summed E-state index contributed by atoms with van der Waals surface area (Å²) in [5, 5.41) is 0. The number of halogens is 5. The van der Waals surface area contributed by atoms with Crippen LogP contribution >= 0.6 is 0 Å². The van der Waals surface area contributed by atoms with Gasteiger partial charge in [0, 0.05) is 5.56 Å². The van der Waals surface area contributed by atoms with Crippen molar-refractivity contribution in [1.29, 1.82) is 0 Å². The lowest BCUT2D eigenvalue weighted by Gasteiger charge is -2.29. The summed E-state index contributed by atoms with van der Waals surface area (Å²) in [5.41, 5.74) is 2.28. The fourth-order valence-electron chi connectivity index (χ4n) is 5.95. The first-order valence-electron chi connectivity index (χ1n) is 13.0. The molecule has 0 saturated heterocycles. The van der Waals surface area contributed by atoms with Crippen molar-refractivity contribution < 1.29 is 31.5 Å². The molecule has 2 fully saturated rings. The Bertz CT molecular complexity index is 1050. The fraction of sp³-hybridized carbons (Fsp3) is 0.552. The van der Waals surface area contributed by atoms with E-state index in [0.29, 0.717) is 35.4 Å². The van der Waals surface area contributed by atoms with E-state index in [1.807, 2.05) is 6.07 Å². The summed E-state index contributed by atoms with van der Waals surface area (Å²) in [5.74, 6) is -2.04. The zero-order valence-corrected chi connectivity index (χ0v) is 20.6. The molecule has 0 aliphatic heterocycles. The number of ether oxygens (including phenoxy) is 1. The predicted molar refractivity (Wildman–Crippen MR) is 129 cm³/mol. The normalized spacial score (nSPS) is 24.9. The summed E-state index contributed by atoms with van der Waals surface area (Å²) in [6, 6.07) is 9.95. The Morgan fingerprint density at radius 2 is 1.53 bits per heavy atom. The zero-order valence-electron chi connectivity index (χ0n) is 20.6. The second-order valence-corrected chi connectivity index (χ2v) is 10.4. The number of carbonyl (C=O) groups excluding carboxylic acids is 1. The Kier molecular flexibility index (Phi) is 8.36. The highest BCUT2D eigenvalue weighted by Crippen LogP contribution is 2.40. The van der Waals surface area contributed by atoms with E-state index in [0.717, 1.165) is 24.3 Å². The SMILES string of the molecule is CCCC1CCC(c2ccc(-c3ccc(C4CCC(OC(=O)C(F)(F)F)CC4)c(F)c3)c(F)c2)CC1. The van der Waals surface area contributed by atoms with Gasteiger partial charge in [-0.3, -0.25) is 0 Å². The maximum absolute atomic E-state index is 15.1. The Morgan fingerprint density at radius 1 is 0.861 bits per heavy atom. The molecule has 36 heavy (non-hydrogen) atoms. The molecule has 0 N–H and O–H groups in total. The molecule has 0 spiro atoms. The van der Waals surface area contributed by atoms with Gasteiger partial charge >= 0.3 is 12.1 Å². The summed E-state index contributed by atoms with van der Waals surface area (Å²) in [4.78, 5) is 11.0. The van der Waals surface area contributed by atoms with Crippen LogP contribution in [-0.4, -0.2) is 18.2 Å². The van der Waals surface area contributed by atoms with Crippen LogP contribution in [0, 0.1) is 17.6 Å². The smallest absolute Gasteiger partial charge is 0.456 e. The monoisotopic (exact) mass is 508 g/mol. The third kappa shape index (κ3) is 6.27. The van der Waals surface area contributed by atoms with E-state index < -0.39 is 24.1 Å². The van der Waals surface area contributed by atoms with E-state index in [1.54, 1.807) is 24.3 Å².